The largest absolute Gasteiger partial charge is 0.491 e. The first-order chi connectivity index (χ1) is 9.15. The molecule has 1 aromatic carbocycles. The van der Waals surface area contributed by atoms with Crippen molar-refractivity contribution >= 4 is 5.97 Å². The molecule has 1 aromatic rings. The van der Waals surface area contributed by atoms with E-state index >= 15 is 0 Å². The van der Waals surface area contributed by atoms with E-state index in [1.54, 1.807) is 0 Å². The summed E-state index contributed by atoms with van der Waals surface area (Å²) in [5.41, 5.74) is 1.04. The zero-order valence-corrected chi connectivity index (χ0v) is 11.3. The standard InChI is InChI=1S/C14H20O5/c1-17-9-12(15)10-19-13-6-3-11(4-7-13)5-8-14(16)18-2/h3-4,6-7,12,15H,5,8-10H2,1-2H3. The van der Waals surface area contributed by atoms with Crippen molar-refractivity contribution in [1.29, 1.82) is 0 Å². The fraction of sp³-hybridized carbons (Fsp3) is 0.500. The molecule has 0 saturated carbocycles. The molecule has 0 aliphatic carbocycles. The quantitative estimate of drug-likeness (QED) is 0.717. The summed E-state index contributed by atoms with van der Waals surface area (Å²) in [5, 5.41) is 9.44. The van der Waals surface area contributed by atoms with Crippen LogP contribution in [0.3, 0.4) is 0 Å². The van der Waals surface area contributed by atoms with Gasteiger partial charge in [0.25, 0.3) is 0 Å². The molecule has 1 rings (SSSR count). The summed E-state index contributed by atoms with van der Waals surface area (Å²) in [5.74, 6) is 0.458. The van der Waals surface area contributed by atoms with Crippen LogP contribution in [0.2, 0.25) is 0 Å². The molecular weight excluding hydrogens is 248 g/mol. The molecule has 0 aliphatic heterocycles. The first-order valence-electron chi connectivity index (χ1n) is 6.11. The van der Waals surface area contributed by atoms with E-state index in [-0.39, 0.29) is 19.2 Å². The van der Waals surface area contributed by atoms with Crippen molar-refractivity contribution in [1.82, 2.24) is 0 Å². The van der Waals surface area contributed by atoms with Gasteiger partial charge < -0.3 is 19.3 Å². The van der Waals surface area contributed by atoms with Crippen LogP contribution in [-0.2, 0) is 20.7 Å². The summed E-state index contributed by atoms with van der Waals surface area (Å²) in [6, 6.07) is 7.40. The molecule has 5 heteroatoms. The number of aliphatic hydroxyl groups is 1. The maximum absolute atomic E-state index is 11.0. The lowest BCUT2D eigenvalue weighted by Gasteiger charge is -2.11. The minimum atomic E-state index is -0.635. The number of esters is 1. The number of carbonyl (C=O) groups excluding carboxylic acids is 1. The van der Waals surface area contributed by atoms with E-state index in [4.69, 9.17) is 9.47 Å². The van der Waals surface area contributed by atoms with Crippen molar-refractivity contribution < 1.29 is 24.1 Å². The second-order valence-corrected chi connectivity index (χ2v) is 4.14. The average Bonchev–Trinajstić information content (AvgIpc) is 2.44. The minimum absolute atomic E-state index is 0.190. The Balaban J connectivity index is 2.36. The first kappa shape index (κ1) is 15.5. The van der Waals surface area contributed by atoms with Crippen molar-refractivity contribution in [3.8, 4) is 5.75 Å². The fourth-order valence-electron chi connectivity index (χ4n) is 1.53. The Kier molecular flexibility index (Phi) is 6.92. The van der Waals surface area contributed by atoms with Gasteiger partial charge in [0.15, 0.2) is 0 Å². The van der Waals surface area contributed by atoms with Crippen LogP contribution in [-0.4, -0.2) is 44.6 Å². The number of ether oxygens (including phenoxy) is 3. The van der Waals surface area contributed by atoms with Crippen molar-refractivity contribution in [3.05, 3.63) is 29.8 Å². The molecular formula is C14H20O5. The third-order valence-corrected chi connectivity index (χ3v) is 2.57. The zero-order valence-electron chi connectivity index (χ0n) is 11.3. The SMILES string of the molecule is COCC(O)COc1ccc(CCC(=O)OC)cc1. The van der Waals surface area contributed by atoms with Crippen LogP contribution in [0.5, 0.6) is 5.75 Å². The molecule has 0 radical (unpaired) electrons. The van der Waals surface area contributed by atoms with Crippen LogP contribution in [0.1, 0.15) is 12.0 Å². The molecule has 0 spiro atoms. The molecule has 0 bridgehead atoms. The second-order valence-electron chi connectivity index (χ2n) is 4.14. The monoisotopic (exact) mass is 268 g/mol. The Morgan fingerprint density at radius 1 is 1.21 bits per heavy atom. The van der Waals surface area contributed by atoms with Gasteiger partial charge in [0.2, 0.25) is 0 Å². The molecule has 0 fully saturated rings. The summed E-state index contributed by atoms with van der Waals surface area (Å²) >= 11 is 0. The van der Waals surface area contributed by atoms with Gasteiger partial charge in [-0.2, -0.15) is 0 Å². The smallest absolute Gasteiger partial charge is 0.305 e. The maximum atomic E-state index is 11.0. The molecule has 106 valence electrons. The number of rotatable bonds is 8. The van der Waals surface area contributed by atoms with Crippen LogP contribution in [0.25, 0.3) is 0 Å². The van der Waals surface area contributed by atoms with Crippen LogP contribution >= 0.6 is 0 Å². The molecule has 1 unspecified atom stereocenters. The molecule has 5 nitrogen and oxygen atoms in total. The Morgan fingerprint density at radius 2 is 1.89 bits per heavy atom. The summed E-state index contributed by atoms with van der Waals surface area (Å²) in [6.45, 7) is 0.437. The highest BCUT2D eigenvalue weighted by Gasteiger charge is 2.05. The summed E-state index contributed by atoms with van der Waals surface area (Å²) in [7, 11) is 2.91. The van der Waals surface area contributed by atoms with Crippen LogP contribution < -0.4 is 4.74 Å². The van der Waals surface area contributed by atoms with Crippen molar-refractivity contribution in [2.75, 3.05) is 27.4 Å². The summed E-state index contributed by atoms with van der Waals surface area (Å²) in [6.07, 6.45) is 0.367. The normalized spacial score (nSPS) is 11.9. The number of aryl methyl sites for hydroxylation is 1. The molecule has 1 atom stereocenters. The Hall–Kier alpha value is -1.59. The van der Waals surface area contributed by atoms with E-state index < -0.39 is 6.10 Å². The van der Waals surface area contributed by atoms with Gasteiger partial charge >= 0.3 is 5.97 Å². The van der Waals surface area contributed by atoms with Gasteiger partial charge in [-0.1, -0.05) is 12.1 Å². The van der Waals surface area contributed by atoms with Crippen molar-refractivity contribution in [2.45, 2.75) is 18.9 Å². The Morgan fingerprint density at radius 3 is 2.47 bits per heavy atom. The van der Waals surface area contributed by atoms with E-state index in [2.05, 4.69) is 4.74 Å². The average molecular weight is 268 g/mol. The van der Waals surface area contributed by atoms with Gasteiger partial charge in [0.05, 0.1) is 13.7 Å². The molecule has 19 heavy (non-hydrogen) atoms. The number of methoxy groups -OCH3 is 2. The lowest BCUT2D eigenvalue weighted by Crippen LogP contribution is -2.22. The van der Waals surface area contributed by atoms with Gasteiger partial charge in [0.1, 0.15) is 18.5 Å². The zero-order chi connectivity index (χ0) is 14.1. The highest BCUT2D eigenvalue weighted by Crippen LogP contribution is 2.13. The predicted octanol–water partition coefficient (Wildman–Crippen LogP) is 1.18. The molecule has 0 heterocycles. The Labute approximate surface area is 113 Å². The molecule has 0 amide bonds. The molecule has 0 aromatic heterocycles. The minimum Gasteiger partial charge on any atom is -0.491 e. The second kappa shape index (κ2) is 8.50. The number of carbonyl (C=O) groups is 1. The van der Waals surface area contributed by atoms with E-state index in [1.165, 1.54) is 14.2 Å². The maximum Gasteiger partial charge on any atom is 0.305 e. The topological polar surface area (TPSA) is 65.0 Å². The van der Waals surface area contributed by atoms with Crippen LogP contribution in [0, 0.1) is 0 Å². The molecule has 1 N–H and O–H groups in total. The third-order valence-electron chi connectivity index (χ3n) is 2.57. The van der Waals surface area contributed by atoms with Crippen LogP contribution in [0.4, 0.5) is 0 Å². The molecule has 0 saturated heterocycles. The summed E-state index contributed by atoms with van der Waals surface area (Å²) < 4.78 is 14.8. The van der Waals surface area contributed by atoms with E-state index in [0.717, 1.165) is 5.56 Å². The third kappa shape index (κ3) is 6.22. The van der Waals surface area contributed by atoms with Gasteiger partial charge in [-0.25, -0.2) is 0 Å². The lowest BCUT2D eigenvalue weighted by atomic mass is 10.1. The summed E-state index contributed by atoms with van der Waals surface area (Å²) in [4.78, 5) is 11.0. The van der Waals surface area contributed by atoms with E-state index in [1.807, 2.05) is 24.3 Å². The number of aliphatic hydroxyl groups excluding tert-OH is 1. The highest BCUT2D eigenvalue weighted by molar-refractivity contribution is 5.69. The number of hydrogen-bond acceptors (Lipinski definition) is 5. The van der Waals surface area contributed by atoms with Gasteiger partial charge in [0, 0.05) is 13.5 Å². The number of hydrogen-bond donors (Lipinski definition) is 1. The fourth-order valence-corrected chi connectivity index (χ4v) is 1.53. The van der Waals surface area contributed by atoms with Crippen molar-refractivity contribution in [2.24, 2.45) is 0 Å². The van der Waals surface area contributed by atoms with Gasteiger partial charge in [-0.3, -0.25) is 4.79 Å². The van der Waals surface area contributed by atoms with Gasteiger partial charge in [-0.15, -0.1) is 0 Å². The van der Waals surface area contributed by atoms with Gasteiger partial charge in [-0.05, 0) is 24.1 Å². The predicted molar refractivity (Wildman–Crippen MR) is 70.2 cm³/mol. The number of benzene rings is 1. The van der Waals surface area contributed by atoms with E-state index in [0.29, 0.717) is 18.6 Å². The Bertz CT molecular complexity index is 374. The van der Waals surface area contributed by atoms with Crippen molar-refractivity contribution in [3.63, 3.8) is 0 Å². The highest BCUT2D eigenvalue weighted by atomic mass is 16.5. The van der Waals surface area contributed by atoms with E-state index in [9.17, 15) is 9.90 Å². The van der Waals surface area contributed by atoms with Crippen LogP contribution in [0.15, 0.2) is 24.3 Å². The first-order valence-corrected chi connectivity index (χ1v) is 6.11. The molecule has 0 aliphatic rings. The lowest BCUT2D eigenvalue weighted by molar-refractivity contribution is -0.140.